The van der Waals surface area contributed by atoms with Crippen molar-refractivity contribution in [1.29, 1.82) is 0 Å². The first-order valence-corrected chi connectivity index (χ1v) is 9.53. The lowest BCUT2D eigenvalue weighted by Crippen LogP contribution is -2.08. The first-order valence-electron chi connectivity index (χ1n) is 7.88. The van der Waals surface area contributed by atoms with E-state index in [0.717, 1.165) is 5.56 Å². The Labute approximate surface area is 147 Å². The van der Waals surface area contributed by atoms with Crippen molar-refractivity contribution in [2.75, 3.05) is 26.8 Å². The first kappa shape index (κ1) is 17.4. The van der Waals surface area contributed by atoms with Crippen molar-refractivity contribution in [2.24, 2.45) is 0 Å². The highest BCUT2D eigenvalue weighted by Crippen LogP contribution is 2.49. The van der Waals surface area contributed by atoms with E-state index in [0.29, 0.717) is 40.7 Å². The minimum atomic E-state index is -3.31. The summed E-state index contributed by atoms with van der Waals surface area (Å²) in [5.74, 6) is 2.16. The molecule has 6 nitrogen and oxygen atoms in total. The molecule has 3 rings (SSSR count). The van der Waals surface area contributed by atoms with Gasteiger partial charge in [-0.1, -0.05) is 18.2 Å². The number of ether oxygens (including phenoxy) is 4. The molecule has 0 radical (unpaired) electrons. The zero-order valence-electron chi connectivity index (χ0n) is 14.2. The van der Waals surface area contributed by atoms with Crippen molar-refractivity contribution < 1.29 is 27.4 Å². The number of hydrogen-bond acceptors (Lipinski definition) is 6. The Morgan fingerprint density at radius 1 is 1.04 bits per heavy atom. The fourth-order valence-corrected chi connectivity index (χ4v) is 4.17. The van der Waals surface area contributed by atoms with E-state index in [1.54, 1.807) is 37.4 Å². The fraction of sp³-hybridized carbons (Fsp3) is 0.333. The molecule has 0 spiro atoms. The maximum Gasteiger partial charge on any atom is 0.231 e. The van der Waals surface area contributed by atoms with Gasteiger partial charge in [-0.05, 0) is 31.0 Å². The van der Waals surface area contributed by atoms with Gasteiger partial charge in [-0.15, -0.1) is 0 Å². The van der Waals surface area contributed by atoms with Gasteiger partial charge in [0, 0.05) is 5.56 Å². The Bertz CT molecular complexity index is 846. The molecule has 0 aromatic heterocycles. The van der Waals surface area contributed by atoms with Crippen molar-refractivity contribution >= 4 is 9.84 Å². The van der Waals surface area contributed by atoms with Crippen LogP contribution < -0.4 is 18.9 Å². The SMILES string of the molecule is COc1c(CCCS(=O)(=O)c2ccccc2)cc2c(c1OC)OCO2. The van der Waals surface area contributed by atoms with E-state index in [4.69, 9.17) is 18.9 Å². The van der Waals surface area contributed by atoms with Crippen LogP contribution in [0.2, 0.25) is 0 Å². The number of hydrogen-bond donors (Lipinski definition) is 0. The number of benzene rings is 2. The van der Waals surface area contributed by atoms with Gasteiger partial charge in [-0.3, -0.25) is 0 Å². The Kier molecular flexibility index (Phi) is 5.03. The molecule has 7 heteroatoms. The summed E-state index contributed by atoms with van der Waals surface area (Å²) in [5.41, 5.74) is 0.826. The van der Waals surface area contributed by atoms with E-state index >= 15 is 0 Å². The monoisotopic (exact) mass is 364 g/mol. The van der Waals surface area contributed by atoms with Gasteiger partial charge in [0.2, 0.25) is 18.3 Å². The third-order valence-electron chi connectivity index (χ3n) is 4.02. The molecule has 0 unspecified atom stereocenters. The summed E-state index contributed by atoms with van der Waals surface area (Å²) >= 11 is 0. The predicted octanol–water partition coefficient (Wildman–Crippen LogP) is 2.84. The maximum absolute atomic E-state index is 12.4. The molecule has 0 bridgehead atoms. The molecule has 0 amide bonds. The van der Waals surface area contributed by atoms with Gasteiger partial charge >= 0.3 is 0 Å². The second-order valence-electron chi connectivity index (χ2n) is 5.57. The first-order chi connectivity index (χ1) is 12.1. The summed E-state index contributed by atoms with van der Waals surface area (Å²) in [5, 5.41) is 0. The van der Waals surface area contributed by atoms with Gasteiger partial charge in [0.25, 0.3) is 0 Å². The minimum Gasteiger partial charge on any atom is -0.492 e. The molecule has 0 saturated carbocycles. The van der Waals surface area contributed by atoms with Crippen molar-refractivity contribution in [1.82, 2.24) is 0 Å². The predicted molar refractivity (Wildman–Crippen MR) is 92.5 cm³/mol. The average molecular weight is 364 g/mol. The molecule has 1 heterocycles. The van der Waals surface area contributed by atoms with E-state index in [9.17, 15) is 8.42 Å². The molecule has 0 aliphatic carbocycles. The average Bonchev–Trinajstić information content (AvgIpc) is 3.09. The molecule has 0 saturated heterocycles. The van der Waals surface area contributed by atoms with Gasteiger partial charge in [0.05, 0.1) is 24.9 Å². The fourth-order valence-electron chi connectivity index (χ4n) is 2.84. The van der Waals surface area contributed by atoms with Crippen LogP contribution in [-0.2, 0) is 16.3 Å². The van der Waals surface area contributed by atoms with Crippen LogP contribution in [0.5, 0.6) is 23.0 Å². The summed E-state index contributed by atoms with van der Waals surface area (Å²) in [6, 6.07) is 10.3. The van der Waals surface area contributed by atoms with E-state index in [2.05, 4.69) is 0 Å². The van der Waals surface area contributed by atoms with E-state index in [1.165, 1.54) is 7.11 Å². The van der Waals surface area contributed by atoms with Gasteiger partial charge in [0.15, 0.2) is 21.3 Å². The van der Waals surface area contributed by atoms with Gasteiger partial charge in [0.1, 0.15) is 0 Å². The van der Waals surface area contributed by atoms with Crippen LogP contribution in [0.4, 0.5) is 0 Å². The highest BCUT2D eigenvalue weighted by molar-refractivity contribution is 7.91. The summed E-state index contributed by atoms with van der Waals surface area (Å²) in [7, 11) is -0.228. The Balaban J connectivity index is 1.78. The Morgan fingerprint density at radius 3 is 2.44 bits per heavy atom. The highest BCUT2D eigenvalue weighted by Gasteiger charge is 2.26. The van der Waals surface area contributed by atoms with Gasteiger partial charge < -0.3 is 18.9 Å². The Morgan fingerprint density at radius 2 is 1.76 bits per heavy atom. The highest BCUT2D eigenvalue weighted by atomic mass is 32.2. The second-order valence-corrected chi connectivity index (χ2v) is 7.68. The molecule has 0 atom stereocenters. The lowest BCUT2D eigenvalue weighted by atomic mass is 10.1. The van der Waals surface area contributed by atoms with Crippen LogP contribution in [0.1, 0.15) is 12.0 Å². The topological polar surface area (TPSA) is 71.1 Å². The number of fused-ring (bicyclic) bond motifs is 1. The van der Waals surface area contributed by atoms with E-state index in [1.807, 2.05) is 6.07 Å². The zero-order valence-corrected chi connectivity index (χ0v) is 15.0. The van der Waals surface area contributed by atoms with Crippen LogP contribution >= 0.6 is 0 Å². The molecule has 134 valence electrons. The van der Waals surface area contributed by atoms with Crippen molar-refractivity contribution in [2.45, 2.75) is 17.7 Å². The standard InChI is InChI=1S/C18H20O6S/c1-21-16-13(11-15-17(18(16)22-2)24-12-23-15)7-6-10-25(19,20)14-8-4-3-5-9-14/h3-5,8-9,11H,6-7,10,12H2,1-2H3. The lowest BCUT2D eigenvalue weighted by Gasteiger charge is -2.15. The molecule has 0 N–H and O–H groups in total. The van der Waals surface area contributed by atoms with Crippen LogP contribution in [0.15, 0.2) is 41.3 Å². The molecule has 2 aromatic carbocycles. The number of sulfone groups is 1. The third-order valence-corrected chi connectivity index (χ3v) is 5.84. The third kappa shape index (κ3) is 3.51. The minimum absolute atomic E-state index is 0.0525. The summed E-state index contributed by atoms with van der Waals surface area (Å²) in [4.78, 5) is 0.338. The molecule has 1 aliphatic rings. The maximum atomic E-state index is 12.4. The van der Waals surface area contributed by atoms with Crippen LogP contribution in [0, 0.1) is 0 Å². The van der Waals surface area contributed by atoms with Crippen LogP contribution in [0.3, 0.4) is 0 Å². The largest absolute Gasteiger partial charge is 0.492 e. The number of aryl methyl sites for hydroxylation is 1. The number of rotatable bonds is 7. The Hall–Kier alpha value is -2.41. The zero-order chi connectivity index (χ0) is 17.9. The molecule has 0 fully saturated rings. The molecule has 25 heavy (non-hydrogen) atoms. The van der Waals surface area contributed by atoms with Gasteiger partial charge in [-0.2, -0.15) is 0 Å². The molecular weight excluding hydrogens is 344 g/mol. The lowest BCUT2D eigenvalue weighted by molar-refractivity contribution is 0.170. The summed E-state index contributed by atoms with van der Waals surface area (Å²) in [6.45, 7) is 0.126. The molecular formula is C18H20O6S. The van der Waals surface area contributed by atoms with E-state index < -0.39 is 9.84 Å². The summed E-state index contributed by atoms with van der Waals surface area (Å²) < 4.78 is 46.4. The normalized spacial score (nSPS) is 12.9. The summed E-state index contributed by atoms with van der Waals surface area (Å²) in [6.07, 6.45) is 0.971. The second kappa shape index (κ2) is 7.23. The number of methoxy groups -OCH3 is 2. The quantitative estimate of drug-likeness (QED) is 0.752. The molecule has 1 aliphatic heterocycles. The van der Waals surface area contributed by atoms with E-state index in [-0.39, 0.29) is 12.5 Å². The molecule has 2 aromatic rings. The van der Waals surface area contributed by atoms with Gasteiger partial charge in [-0.25, -0.2) is 8.42 Å². The van der Waals surface area contributed by atoms with Crippen molar-refractivity contribution in [3.8, 4) is 23.0 Å². The van der Waals surface area contributed by atoms with Crippen LogP contribution in [-0.4, -0.2) is 35.2 Å². The van der Waals surface area contributed by atoms with Crippen molar-refractivity contribution in [3.63, 3.8) is 0 Å². The smallest absolute Gasteiger partial charge is 0.231 e. The van der Waals surface area contributed by atoms with Crippen molar-refractivity contribution in [3.05, 3.63) is 42.0 Å². The van der Waals surface area contributed by atoms with Crippen LogP contribution in [0.25, 0.3) is 0 Å².